The van der Waals surface area contributed by atoms with Crippen LogP contribution < -0.4 is 5.32 Å². The van der Waals surface area contributed by atoms with E-state index in [1.165, 1.54) is 12.0 Å². The lowest BCUT2D eigenvalue weighted by atomic mass is 10.2. The Morgan fingerprint density at radius 2 is 2.06 bits per heavy atom. The van der Waals surface area contributed by atoms with E-state index in [4.69, 9.17) is 0 Å². The molecule has 0 aliphatic heterocycles. The van der Waals surface area contributed by atoms with Crippen molar-refractivity contribution in [2.75, 3.05) is 14.1 Å². The molecule has 1 saturated carbocycles. The van der Waals surface area contributed by atoms with Crippen molar-refractivity contribution in [2.45, 2.75) is 25.9 Å². The minimum absolute atomic E-state index is 0.618. The van der Waals surface area contributed by atoms with Crippen LogP contribution in [0.15, 0.2) is 35.3 Å². The largest absolute Gasteiger partial charge is 0.353 e. The van der Waals surface area contributed by atoms with Gasteiger partial charge in [-0.05, 0) is 17.9 Å². The number of benzene rings is 1. The predicted molar refractivity (Wildman–Crippen MR) is 72.0 cm³/mol. The fraction of sp³-hybridized carbons (Fsp3) is 0.500. The maximum absolute atomic E-state index is 4.33. The molecule has 1 aromatic carbocycles. The van der Waals surface area contributed by atoms with Gasteiger partial charge >= 0.3 is 0 Å². The number of guanidine groups is 1. The van der Waals surface area contributed by atoms with E-state index in [2.05, 4.69) is 53.4 Å². The molecule has 3 nitrogen and oxygen atoms in total. The van der Waals surface area contributed by atoms with Crippen molar-refractivity contribution < 1.29 is 0 Å². The van der Waals surface area contributed by atoms with E-state index in [1.807, 2.05) is 13.1 Å². The number of rotatable bonds is 3. The fourth-order valence-electron chi connectivity index (χ4n) is 1.97. The summed E-state index contributed by atoms with van der Waals surface area (Å²) in [5.41, 5.74) is 1.31. The lowest BCUT2D eigenvalue weighted by molar-refractivity contribution is 0.474. The standard InChI is InChI=1S/C14H21N3/c1-11-9-13(11)16-14(15-2)17(3)10-12-7-5-4-6-8-12/h4-8,11,13H,9-10H2,1-3H3,(H,15,16). The van der Waals surface area contributed by atoms with Crippen LogP contribution in [-0.2, 0) is 6.54 Å². The van der Waals surface area contributed by atoms with Gasteiger partial charge in [0.05, 0.1) is 0 Å². The Hall–Kier alpha value is -1.51. The molecule has 17 heavy (non-hydrogen) atoms. The van der Waals surface area contributed by atoms with Gasteiger partial charge in [0.1, 0.15) is 0 Å². The molecule has 2 unspecified atom stereocenters. The normalized spacial score (nSPS) is 23.4. The third kappa shape index (κ3) is 3.22. The summed E-state index contributed by atoms with van der Waals surface area (Å²) >= 11 is 0. The smallest absolute Gasteiger partial charge is 0.193 e. The molecule has 1 aromatic rings. The number of hydrogen-bond acceptors (Lipinski definition) is 1. The summed E-state index contributed by atoms with van der Waals surface area (Å²) in [4.78, 5) is 6.50. The zero-order valence-electron chi connectivity index (χ0n) is 10.9. The van der Waals surface area contributed by atoms with Crippen LogP contribution >= 0.6 is 0 Å². The summed E-state index contributed by atoms with van der Waals surface area (Å²) in [7, 11) is 3.92. The Morgan fingerprint density at radius 1 is 1.41 bits per heavy atom. The second-order valence-corrected chi connectivity index (χ2v) is 4.85. The van der Waals surface area contributed by atoms with Gasteiger partial charge in [0, 0.05) is 26.7 Å². The molecule has 2 atom stereocenters. The number of aliphatic imine (C=N–C) groups is 1. The van der Waals surface area contributed by atoms with E-state index < -0.39 is 0 Å². The highest BCUT2D eigenvalue weighted by Gasteiger charge is 2.33. The third-order valence-electron chi connectivity index (χ3n) is 3.26. The lowest BCUT2D eigenvalue weighted by Crippen LogP contribution is -2.40. The van der Waals surface area contributed by atoms with Crippen molar-refractivity contribution in [3.63, 3.8) is 0 Å². The minimum atomic E-state index is 0.618. The van der Waals surface area contributed by atoms with Crippen molar-refractivity contribution in [1.29, 1.82) is 0 Å². The summed E-state index contributed by atoms with van der Waals surface area (Å²) in [6.07, 6.45) is 1.26. The average molecular weight is 231 g/mol. The quantitative estimate of drug-likeness (QED) is 0.637. The Bertz CT molecular complexity index is 386. The van der Waals surface area contributed by atoms with Gasteiger partial charge < -0.3 is 10.2 Å². The molecule has 0 bridgehead atoms. The molecule has 2 rings (SSSR count). The molecule has 0 heterocycles. The molecule has 1 N–H and O–H groups in total. The molecule has 0 radical (unpaired) electrons. The van der Waals surface area contributed by atoms with Crippen LogP contribution in [0, 0.1) is 5.92 Å². The first kappa shape index (κ1) is 12.0. The van der Waals surface area contributed by atoms with Crippen LogP contribution in [-0.4, -0.2) is 31.0 Å². The molecule has 0 aromatic heterocycles. The zero-order chi connectivity index (χ0) is 12.3. The highest BCUT2D eigenvalue weighted by Crippen LogP contribution is 2.29. The van der Waals surface area contributed by atoms with E-state index >= 15 is 0 Å². The van der Waals surface area contributed by atoms with Gasteiger partial charge in [-0.2, -0.15) is 0 Å². The predicted octanol–water partition coefficient (Wildman–Crippen LogP) is 2.10. The van der Waals surface area contributed by atoms with Crippen LogP contribution in [0.5, 0.6) is 0 Å². The Kier molecular flexibility index (Phi) is 3.67. The summed E-state index contributed by atoms with van der Waals surface area (Å²) < 4.78 is 0. The monoisotopic (exact) mass is 231 g/mol. The zero-order valence-corrected chi connectivity index (χ0v) is 10.9. The maximum atomic E-state index is 4.33. The van der Waals surface area contributed by atoms with E-state index in [-0.39, 0.29) is 0 Å². The van der Waals surface area contributed by atoms with Gasteiger partial charge in [-0.15, -0.1) is 0 Å². The van der Waals surface area contributed by atoms with E-state index in [0.717, 1.165) is 18.4 Å². The first-order valence-electron chi connectivity index (χ1n) is 6.19. The molecule has 1 aliphatic rings. The number of nitrogens with zero attached hydrogens (tertiary/aromatic N) is 2. The summed E-state index contributed by atoms with van der Waals surface area (Å²) in [6, 6.07) is 11.1. The van der Waals surface area contributed by atoms with Gasteiger partial charge in [0.15, 0.2) is 5.96 Å². The summed E-state index contributed by atoms with van der Waals surface area (Å²) in [5.74, 6) is 1.78. The SMILES string of the molecule is CN=C(NC1CC1C)N(C)Cc1ccccc1. The van der Waals surface area contributed by atoms with Gasteiger partial charge in [-0.3, -0.25) is 4.99 Å². The molecular formula is C14H21N3. The maximum Gasteiger partial charge on any atom is 0.193 e. The average Bonchev–Trinajstić information content (AvgIpc) is 3.03. The van der Waals surface area contributed by atoms with Crippen molar-refractivity contribution in [3.05, 3.63) is 35.9 Å². The van der Waals surface area contributed by atoms with Gasteiger partial charge in [-0.1, -0.05) is 37.3 Å². The minimum Gasteiger partial charge on any atom is -0.353 e. The van der Waals surface area contributed by atoms with Crippen LogP contribution in [0.25, 0.3) is 0 Å². The highest BCUT2D eigenvalue weighted by molar-refractivity contribution is 5.80. The highest BCUT2D eigenvalue weighted by atomic mass is 15.3. The molecule has 0 saturated heterocycles. The first-order chi connectivity index (χ1) is 8.20. The van der Waals surface area contributed by atoms with Crippen molar-refractivity contribution in [3.8, 4) is 0 Å². The Morgan fingerprint density at radius 3 is 2.59 bits per heavy atom. The van der Waals surface area contributed by atoms with Gasteiger partial charge in [0.25, 0.3) is 0 Å². The molecule has 0 amide bonds. The second-order valence-electron chi connectivity index (χ2n) is 4.85. The van der Waals surface area contributed by atoms with Gasteiger partial charge in [0.2, 0.25) is 0 Å². The first-order valence-corrected chi connectivity index (χ1v) is 6.19. The summed E-state index contributed by atoms with van der Waals surface area (Å²) in [5, 5.41) is 3.49. The molecule has 3 heteroatoms. The topological polar surface area (TPSA) is 27.6 Å². The fourth-order valence-corrected chi connectivity index (χ4v) is 1.97. The van der Waals surface area contributed by atoms with Crippen molar-refractivity contribution in [1.82, 2.24) is 10.2 Å². The lowest BCUT2D eigenvalue weighted by Gasteiger charge is -2.22. The third-order valence-corrected chi connectivity index (χ3v) is 3.26. The van der Waals surface area contributed by atoms with Crippen LogP contribution in [0.4, 0.5) is 0 Å². The Balaban J connectivity index is 1.91. The van der Waals surface area contributed by atoms with Crippen LogP contribution in [0.1, 0.15) is 18.9 Å². The molecule has 92 valence electrons. The Labute approximate surface area is 104 Å². The molecule has 1 fully saturated rings. The van der Waals surface area contributed by atoms with Crippen molar-refractivity contribution in [2.24, 2.45) is 10.9 Å². The second kappa shape index (κ2) is 5.21. The van der Waals surface area contributed by atoms with Crippen molar-refractivity contribution >= 4 is 5.96 Å². The van der Waals surface area contributed by atoms with Crippen LogP contribution in [0.2, 0.25) is 0 Å². The molecule has 1 aliphatic carbocycles. The molecule has 0 spiro atoms. The number of nitrogens with one attached hydrogen (secondary N) is 1. The molecular weight excluding hydrogens is 210 g/mol. The van der Waals surface area contributed by atoms with Gasteiger partial charge in [-0.25, -0.2) is 0 Å². The van der Waals surface area contributed by atoms with Crippen LogP contribution in [0.3, 0.4) is 0 Å². The van der Waals surface area contributed by atoms with E-state index in [0.29, 0.717) is 6.04 Å². The summed E-state index contributed by atoms with van der Waals surface area (Å²) in [6.45, 7) is 3.16. The van der Waals surface area contributed by atoms with E-state index in [1.54, 1.807) is 0 Å². The number of hydrogen-bond donors (Lipinski definition) is 1. The van der Waals surface area contributed by atoms with E-state index in [9.17, 15) is 0 Å².